The van der Waals surface area contributed by atoms with E-state index < -0.39 is 11.1 Å². The second kappa shape index (κ2) is 6.04. The number of anilines is 1. The Hall–Kier alpha value is -2.05. The molecule has 2 aromatic carbocycles. The molecule has 0 radical (unpaired) electrons. The van der Waals surface area contributed by atoms with Gasteiger partial charge in [-0.15, -0.1) is 5.11 Å². The van der Waals surface area contributed by atoms with E-state index in [0.29, 0.717) is 10.6 Å². The van der Waals surface area contributed by atoms with Crippen LogP contribution in [0.4, 0.5) is 11.4 Å². The van der Waals surface area contributed by atoms with Crippen molar-refractivity contribution in [3.05, 3.63) is 54.6 Å². The maximum Gasteiger partial charge on any atom is 0.186 e. The Morgan fingerprint density at radius 3 is 2.28 bits per heavy atom. The van der Waals surface area contributed by atoms with Crippen LogP contribution in [0.3, 0.4) is 0 Å². The third kappa shape index (κ3) is 3.47. The minimum atomic E-state index is -1.96. The van der Waals surface area contributed by atoms with E-state index >= 15 is 0 Å². The molecular formula is C12H11N3O2S. The Bertz CT molecular complexity index is 555. The monoisotopic (exact) mass is 261 g/mol. The van der Waals surface area contributed by atoms with Crippen LogP contribution in [0.2, 0.25) is 0 Å². The quantitative estimate of drug-likeness (QED) is 0.503. The number of rotatable bonds is 4. The Kier molecular flexibility index (Phi) is 4.16. The SMILES string of the molecule is O=S(O)c1ccc(N=NNc2ccccc2)cc1. The second-order valence-electron chi connectivity index (χ2n) is 3.42. The van der Waals surface area contributed by atoms with Crippen LogP contribution in [-0.2, 0) is 11.1 Å². The van der Waals surface area contributed by atoms with Gasteiger partial charge in [0.15, 0.2) is 11.1 Å². The van der Waals surface area contributed by atoms with Crippen molar-refractivity contribution in [3.8, 4) is 0 Å². The Balaban J connectivity index is 1.99. The van der Waals surface area contributed by atoms with Gasteiger partial charge in [-0.1, -0.05) is 23.4 Å². The first-order valence-electron chi connectivity index (χ1n) is 5.18. The van der Waals surface area contributed by atoms with Gasteiger partial charge in [0.25, 0.3) is 0 Å². The van der Waals surface area contributed by atoms with Gasteiger partial charge in [-0.05, 0) is 36.4 Å². The summed E-state index contributed by atoms with van der Waals surface area (Å²) in [5, 5.41) is 7.76. The smallest absolute Gasteiger partial charge is 0.186 e. The summed E-state index contributed by atoms with van der Waals surface area (Å²) in [5.41, 5.74) is 4.23. The summed E-state index contributed by atoms with van der Waals surface area (Å²) in [6.45, 7) is 0. The molecule has 0 aliphatic carbocycles. The molecule has 0 aliphatic heterocycles. The maximum absolute atomic E-state index is 10.8. The van der Waals surface area contributed by atoms with E-state index in [2.05, 4.69) is 15.8 Å². The van der Waals surface area contributed by atoms with Gasteiger partial charge in [0.1, 0.15) is 0 Å². The average molecular weight is 261 g/mol. The number of hydrogen-bond acceptors (Lipinski definition) is 3. The molecule has 1 unspecified atom stereocenters. The molecule has 92 valence electrons. The first-order chi connectivity index (χ1) is 8.75. The number of nitrogens with one attached hydrogen (secondary N) is 1. The highest BCUT2D eigenvalue weighted by Crippen LogP contribution is 2.15. The summed E-state index contributed by atoms with van der Waals surface area (Å²) in [5.74, 6) is 0. The van der Waals surface area contributed by atoms with Crippen LogP contribution in [0.15, 0.2) is 69.8 Å². The molecule has 2 N–H and O–H groups in total. The summed E-state index contributed by atoms with van der Waals surface area (Å²) in [6, 6.07) is 15.8. The van der Waals surface area contributed by atoms with Crippen molar-refractivity contribution in [1.82, 2.24) is 0 Å². The molecule has 0 aliphatic rings. The lowest BCUT2D eigenvalue weighted by molar-refractivity contribution is 0.564. The Morgan fingerprint density at radius 2 is 1.67 bits per heavy atom. The van der Waals surface area contributed by atoms with Crippen LogP contribution in [0, 0.1) is 0 Å². The van der Waals surface area contributed by atoms with Crippen LogP contribution in [-0.4, -0.2) is 8.76 Å². The molecule has 0 saturated carbocycles. The summed E-state index contributed by atoms with van der Waals surface area (Å²) in [4.78, 5) is 0.338. The predicted octanol–water partition coefficient (Wildman–Crippen LogP) is 3.38. The molecule has 18 heavy (non-hydrogen) atoms. The summed E-state index contributed by atoms with van der Waals surface area (Å²) in [7, 11) is 0. The number of hydrogen-bond donors (Lipinski definition) is 2. The molecule has 2 rings (SSSR count). The van der Waals surface area contributed by atoms with Crippen molar-refractivity contribution in [1.29, 1.82) is 0 Å². The van der Waals surface area contributed by atoms with Gasteiger partial charge >= 0.3 is 0 Å². The lowest BCUT2D eigenvalue weighted by atomic mass is 10.3. The van der Waals surface area contributed by atoms with Gasteiger partial charge < -0.3 is 4.55 Å². The molecule has 0 fully saturated rings. The zero-order valence-corrected chi connectivity index (χ0v) is 10.2. The minimum Gasteiger partial charge on any atom is -0.302 e. The van der Waals surface area contributed by atoms with E-state index in [1.807, 2.05) is 30.3 Å². The first kappa shape index (κ1) is 12.4. The predicted molar refractivity (Wildman–Crippen MR) is 70.1 cm³/mol. The largest absolute Gasteiger partial charge is 0.302 e. The first-order valence-corrected chi connectivity index (χ1v) is 6.29. The average Bonchev–Trinajstić information content (AvgIpc) is 2.40. The normalized spacial score (nSPS) is 12.5. The zero-order valence-electron chi connectivity index (χ0n) is 9.35. The topological polar surface area (TPSA) is 74.0 Å². The highest BCUT2D eigenvalue weighted by molar-refractivity contribution is 7.79. The third-order valence-corrected chi connectivity index (χ3v) is 2.83. The van der Waals surface area contributed by atoms with E-state index in [1.54, 1.807) is 12.1 Å². The molecule has 0 aromatic heterocycles. The van der Waals surface area contributed by atoms with Gasteiger partial charge in [-0.3, -0.25) is 5.43 Å². The summed E-state index contributed by atoms with van der Waals surface area (Å²) in [6.07, 6.45) is 0. The molecule has 0 saturated heterocycles. The fourth-order valence-electron chi connectivity index (χ4n) is 1.28. The fourth-order valence-corrected chi connectivity index (χ4v) is 1.65. The molecule has 2 aromatic rings. The van der Waals surface area contributed by atoms with Crippen molar-refractivity contribution in [2.24, 2.45) is 10.3 Å². The van der Waals surface area contributed by atoms with Crippen LogP contribution in [0.25, 0.3) is 0 Å². The standard InChI is InChI=1S/C12H11N3O2S/c16-18(17)12-8-6-11(7-9-12)14-15-13-10-4-2-1-3-5-10/h1-9H,(H,13,14)(H,16,17). The van der Waals surface area contributed by atoms with Crippen molar-refractivity contribution in [3.63, 3.8) is 0 Å². The van der Waals surface area contributed by atoms with Crippen LogP contribution in [0.1, 0.15) is 0 Å². The zero-order chi connectivity index (χ0) is 12.8. The summed E-state index contributed by atoms with van der Waals surface area (Å²) >= 11 is -1.96. The van der Waals surface area contributed by atoms with E-state index in [4.69, 9.17) is 4.55 Å². The second-order valence-corrected chi connectivity index (χ2v) is 4.39. The number of para-hydroxylation sites is 1. The van der Waals surface area contributed by atoms with Gasteiger partial charge in [-0.25, -0.2) is 4.21 Å². The number of benzene rings is 2. The van der Waals surface area contributed by atoms with Crippen molar-refractivity contribution >= 4 is 22.5 Å². The minimum absolute atomic E-state index is 0.338. The summed E-state index contributed by atoms with van der Waals surface area (Å²) < 4.78 is 19.6. The highest BCUT2D eigenvalue weighted by atomic mass is 32.2. The third-order valence-electron chi connectivity index (χ3n) is 2.16. The molecule has 0 heterocycles. The van der Waals surface area contributed by atoms with E-state index in [-0.39, 0.29) is 0 Å². The van der Waals surface area contributed by atoms with Crippen molar-refractivity contribution in [2.45, 2.75) is 4.90 Å². The lowest BCUT2D eigenvalue weighted by Gasteiger charge is -1.98. The van der Waals surface area contributed by atoms with Crippen molar-refractivity contribution < 1.29 is 8.76 Å². The van der Waals surface area contributed by atoms with E-state index in [0.717, 1.165) is 5.69 Å². The fraction of sp³-hybridized carbons (Fsp3) is 0. The molecular weight excluding hydrogens is 250 g/mol. The molecule has 1 atom stereocenters. The van der Waals surface area contributed by atoms with E-state index in [9.17, 15) is 4.21 Å². The van der Waals surface area contributed by atoms with Crippen LogP contribution in [0.5, 0.6) is 0 Å². The molecule has 5 nitrogen and oxygen atoms in total. The maximum atomic E-state index is 10.8. The number of nitrogens with zero attached hydrogens (tertiary/aromatic N) is 2. The van der Waals surface area contributed by atoms with Gasteiger partial charge in [0, 0.05) is 0 Å². The van der Waals surface area contributed by atoms with Gasteiger partial charge in [-0.2, -0.15) is 0 Å². The molecule has 0 amide bonds. The lowest BCUT2D eigenvalue weighted by Crippen LogP contribution is -1.86. The highest BCUT2D eigenvalue weighted by Gasteiger charge is 1.98. The molecule has 6 heteroatoms. The Labute approximate surface area is 107 Å². The molecule has 0 bridgehead atoms. The van der Waals surface area contributed by atoms with Crippen molar-refractivity contribution in [2.75, 3.05) is 5.43 Å². The van der Waals surface area contributed by atoms with E-state index in [1.165, 1.54) is 12.1 Å². The van der Waals surface area contributed by atoms with Gasteiger partial charge in [0.2, 0.25) is 0 Å². The van der Waals surface area contributed by atoms with Crippen LogP contribution >= 0.6 is 0 Å². The van der Waals surface area contributed by atoms with Crippen LogP contribution < -0.4 is 5.43 Å². The Morgan fingerprint density at radius 1 is 1.00 bits per heavy atom. The van der Waals surface area contributed by atoms with Gasteiger partial charge in [0.05, 0.1) is 16.3 Å². The molecule has 0 spiro atoms.